The Bertz CT molecular complexity index is 473. The van der Waals surface area contributed by atoms with E-state index in [4.69, 9.17) is 11.0 Å². The smallest absolute Gasteiger partial charge is 0.327 e. The summed E-state index contributed by atoms with van der Waals surface area (Å²) in [4.78, 5) is 11.1. The van der Waals surface area contributed by atoms with Crippen molar-refractivity contribution in [2.75, 3.05) is 7.11 Å². The highest BCUT2D eigenvalue weighted by Crippen LogP contribution is 2.27. The Morgan fingerprint density at radius 2 is 2.24 bits per heavy atom. The van der Waals surface area contributed by atoms with Gasteiger partial charge in [0.25, 0.3) is 0 Å². The summed E-state index contributed by atoms with van der Waals surface area (Å²) >= 11 is 0. The third-order valence-electron chi connectivity index (χ3n) is 2.01. The van der Waals surface area contributed by atoms with Crippen molar-refractivity contribution in [2.24, 2.45) is 5.73 Å². The van der Waals surface area contributed by atoms with Crippen molar-refractivity contribution in [3.8, 4) is 11.8 Å². The van der Waals surface area contributed by atoms with Crippen molar-refractivity contribution in [2.45, 2.75) is 6.04 Å². The Morgan fingerprint density at radius 1 is 1.65 bits per heavy atom. The van der Waals surface area contributed by atoms with Gasteiger partial charge in [0.15, 0.2) is 11.6 Å². The molecule has 0 radical (unpaired) electrons. The van der Waals surface area contributed by atoms with Gasteiger partial charge in [-0.2, -0.15) is 5.26 Å². The third kappa shape index (κ3) is 3.06. The van der Waals surface area contributed by atoms with Gasteiger partial charge in [-0.1, -0.05) is 0 Å². The van der Waals surface area contributed by atoms with Crippen LogP contribution in [-0.2, 0) is 9.53 Å². The van der Waals surface area contributed by atoms with E-state index in [9.17, 15) is 14.3 Å². The molecule has 92 valence electrons. The third-order valence-corrected chi connectivity index (χ3v) is 2.01. The molecule has 0 bridgehead atoms. The van der Waals surface area contributed by atoms with Crippen LogP contribution in [0.3, 0.4) is 0 Å². The molecule has 0 fully saturated rings. The lowest BCUT2D eigenvalue weighted by Crippen LogP contribution is -2.23. The SMILES string of the molecule is COC(=O)[C@@H](N)c1cc(C#N)cc(F)c1O.Cl. The molecule has 1 atom stereocenters. The van der Waals surface area contributed by atoms with E-state index in [1.54, 1.807) is 6.07 Å². The van der Waals surface area contributed by atoms with Crippen molar-refractivity contribution in [1.29, 1.82) is 5.26 Å². The van der Waals surface area contributed by atoms with Crippen molar-refractivity contribution in [3.05, 3.63) is 29.1 Å². The Balaban J connectivity index is 0.00000256. The monoisotopic (exact) mass is 260 g/mol. The molecule has 0 saturated heterocycles. The summed E-state index contributed by atoms with van der Waals surface area (Å²) in [6.07, 6.45) is 0. The van der Waals surface area contributed by atoms with Crippen molar-refractivity contribution >= 4 is 18.4 Å². The number of nitriles is 1. The number of nitrogens with zero attached hydrogens (tertiary/aromatic N) is 1. The minimum Gasteiger partial charge on any atom is -0.505 e. The number of hydrogen-bond donors (Lipinski definition) is 2. The highest BCUT2D eigenvalue weighted by atomic mass is 35.5. The summed E-state index contributed by atoms with van der Waals surface area (Å²) in [6, 6.07) is 2.35. The largest absolute Gasteiger partial charge is 0.505 e. The number of aromatic hydroxyl groups is 1. The van der Waals surface area contributed by atoms with Crippen LogP contribution >= 0.6 is 12.4 Å². The lowest BCUT2D eigenvalue weighted by Gasteiger charge is -2.12. The van der Waals surface area contributed by atoms with Crippen LogP contribution in [0.2, 0.25) is 0 Å². The van der Waals surface area contributed by atoms with E-state index in [1.807, 2.05) is 0 Å². The van der Waals surface area contributed by atoms with Gasteiger partial charge in [0.05, 0.1) is 18.7 Å². The molecule has 0 amide bonds. The van der Waals surface area contributed by atoms with Crippen LogP contribution in [0.1, 0.15) is 17.2 Å². The lowest BCUT2D eigenvalue weighted by atomic mass is 10.0. The van der Waals surface area contributed by atoms with Gasteiger partial charge in [-0.15, -0.1) is 12.4 Å². The number of carbonyl (C=O) groups excluding carboxylic acids is 1. The first-order valence-corrected chi connectivity index (χ1v) is 4.27. The van der Waals surface area contributed by atoms with E-state index in [-0.39, 0.29) is 23.5 Å². The van der Waals surface area contributed by atoms with E-state index in [2.05, 4.69) is 4.74 Å². The number of ether oxygens (including phenoxy) is 1. The molecule has 7 heteroatoms. The molecule has 0 aromatic heterocycles. The van der Waals surface area contributed by atoms with E-state index in [1.165, 1.54) is 0 Å². The predicted octanol–water partition coefficient (Wildman–Crippen LogP) is 0.998. The van der Waals surface area contributed by atoms with Crippen LogP contribution in [0.4, 0.5) is 4.39 Å². The summed E-state index contributed by atoms with van der Waals surface area (Å²) in [6.45, 7) is 0. The molecule has 0 spiro atoms. The van der Waals surface area contributed by atoms with Gasteiger partial charge in [0.2, 0.25) is 0 Å². The van der Waals surface area contributed by atoms with Crippen molar-refractivity contribution in [3.63, 3.8) is 0 Å². The minimum absolute atomic E-state index is 0. The van der Waals surface area contributed by atoms with Crippen molar-refractivity contribution in [1.82, 2.24) is 0 Å². The number of rotatable bonds is 2. The molecule has 0 aliphatic rings. The second kappa shape index (κ2) is 6.03. The molecule has 1 rings (SSSR count). The highest BCUT2D eigenvalue weighted by molar-refractivity contribution is 5.85. The van der Waals surface area contributed by atoms with Crippen LogP contribution < -0.4 is 5.73 Å². The molecule has 5 nitrogen and oxygen atoms in total. The van der Waals surface area contributed by atoms with Crippen LogP contribution in [0, 0.1) is 17.1 Å². The van der Waals surface area contributed by atoms with Crippen LogP contribution in [-0.4, -0.2) is 18.2 Å². The second-order valence-corrected chi connectivity index (χ2v) is 3.01. The average Bonchev–Trinajstić information content (AvgIpc) is 2.30. The van der Waals surface area contributed by atoms with Crippen LogP contribution in [0.25, 0.3) is 0 Å². The van der Waals surface area contributed by atoms with Gasteiger partial charge in [-0.05, 0) is 12.1 Å². The fourth-order valence-corrected chi connectivity index (χ4v) is 1.18. The molecule has 1 aromatic rings. The van der Waals surface area contributed by atoms with Crippen LogP contribution in [0.5, 0.6) is 5.75 Å². The van der Waals surface area contributed by atoms with E-state index >= 15 is 0 Å². The Kier molecular flexibility index (Phi) is 5.38. The topological polar surface area (TPSA) is 96.3 Å². The van der Waals surface area contributed by atoms with Crippen LogP contribution in [0.15, 0.2) is 12.1 Å². The number of nitrogens with two attached hydrogens (primary N) is 1. The molecule has 0 unspecified atom stereocenters. The first-order chi connectivity index (χ1) is 7.51. The second-order valence-electron chi connectivity index (χ2n) is 3.01. The quantitative estimate of drug-likeness (QED) is 0.773. The van der Waals surface area contributed by atoms with Gasteiger partial charge in [0, 0.05) is 5.56 Å². The Labute approximate surface area is 103 Å². The Hall–Kier alpha value is -1.84. The predicted molar refractivity (Wildman–Crippen MR) is 59.0 cm³/mol. The standard InChI is InChI=1S/C10H9FN2O3.ClH/c1-16-10(15)8(13)6-2-5(4-12)3-7(11)9(6)14;/h2-3,8,14H,13H2,1H3;1H/t8-;/m0./s1. The van der Waals surface area contributed by atoms with Gasteiger partial charge in [-0.25, -0.2) is 4.39 Å². The zero-order valence-electron chi connectivity index (χ0n) is 8.81. The summed E-state index contributed by atoms with van der Waals surface area (Å²) in [5.41, 5.74) is 5.22. The molecule has 1 aromatic carbocycles. The molecule has 17 heavy (non-hydrogen) atoms. The lowest BCUT2D eigenvalue weighted by molar-refractivity contribution is -0.142. The summed E-state index contributed by atoms with van der Waals surface area (Å²) in [5, 5.41) is 18.0. The molecule has 0 heterocycles. The molecular weight excluding hydrogens is 251 g/mol. The van der Waals surface area contributed by atoms with E-state index < -0.39 is 23.6 Å². The fourth-order valence-electron chi connectivity index (χ4n) is 1.18. The van der Waals surface area contributed by atoms with Gasteiger partial charge in [-0.3, -0.25) is 4.79 Å². The number of halogens is 2. The van der Waals surface area contributed by atoms with Gasteiger partial charge < -0.3 is 15.6 Å². The van der Waals surface area contributed by atoms with E-state index in [0.717, 1.165) is 19.2 Å². The van der Waals surface area contributed by atoms with Gasteiger partial charge >= 0.3 is 5.97 Å². The maximum atomic E-state index is 13.1. The highest BCUT2D eigenvalue weighted by Gasteiger charge is 2.22. The number of phenols is 1. The molecular formula is C10H10ClFN2O3. The molecule has 0 aliphatic heterocycles. The first kappa shape index (κ1) is 15.2. The molecule has 3 N–H and O–H groups in total. The number of phenolic OH excluding ortho intramolecular Hbond substituents is 1. The summed E-state index contributed by atoms with van der Waals surface area (Å²) in [5.74, 6) is -2.59. The number of benzene rings is 1. The molecule has 0 saturated carbocycles. The van der Waals surface area contributed by atoms with Gasteiger partial charge in [0.1, 0.15) is 6.04 Å². The number of esters is 1. The maximum Gasteiger partial charge on any atom is 0.327 e. The number of methoxy groups -OCH3 is 1. The summed E-state index contributed by atoms with van der Waals surface area (Å²) < 4.78 is 17.5. The number of hydrogen-bond acceptors (Lipinski definition) is 5. The van der Waals surface area contributed by atoms with E-state index in [0.29, 0.717) is 0 Å². The average molecular weight is 261 g/mol. The fraction of sp³-hybridized carbons (Fsp3) is 0.200. The Morgan fingerprint density at radius 3 is 2.71 bits per heavy atom. The number of carbonyl (C=O) groups is 1. The zero-order chi connectivity index (χ0) is 12.3. The molecule has 0 aliphatic carbocycles. The minimum atomic E-state index is -1.33. The zero-order valence-corrected chi connectivity index (χ0v) is 9.62. The van der Waals surface area contributed by atoms with Crippen molar-refractivity contribution < 1.29 is 19.0 Å². The summed E-state index contributed by atoms with van der Waals surface area (Å²) in [7, 11) is 1.11. The first-order valence-electron chi connectivity index (χ1n) is 4.27. The maximum absolute atomic E-state index is 13.1. The normalized spacial score (nSPS) is 10.9.